The molecule has 0 aromatic carbocycles. The number of aryl methyl sites for hydroxylation is 1. The molecule has 1 fully saturated rings. The molecule has 1 aliphatic heterocycles. The molecular weight excluding hydrogens is 320 g/mol. The van der Waals surface area contributed by atoms with Crippen molar-refractivity contribution < 1.29 is 14.1 Å². The molecule has 25 heavy (non-hydrogen) atoms. The Kier molecular flexibility index (Phi) is 4.74. The van der Waals surface area contributed by atoms with Crippen molar-refractivity contribution in [1.82, 2.24) is 20.4 Å². The SMILES string of the molecule is O=C(NCc1cnc([C@H]2CCCCO2)nc1)c1noc2c1CCCC2. The molecule has 2 aromatic heterocycles. The van der Waals surface area contributed by atoms with Gasteiger partial charge in [-0.1, -0.05) is 5.16 Å². The van der Waals surface area contributed by atoms with Crippen LogP contribution in [0.5, 0.6) is 0 Å². The second-order valence-corrected chi connectivity index (χ2v) is 6.63. The molecular formula is C18H22N4O3. The van der Waals surface area contributed by atoms with Crippen LogP contribution in [0.4, 0.5) is 0 Å². The molecule has 7 heteroatoms. The van der Waals surface area contributed by atoms with Gasteiger partial charge in [-0.2, -0.15) is 0 Å². The van der Waals surface area contributed by atoms with Crippen molar-refractivity contribution in [2.75, 3.05) is 6.61 Å². The largest absolute Gasteiger partial charge is 0.370 e. The lowest BCUT2D eigenvalue weighted by atomic mass is 9.96. The Hall–Kier alpha value is -2.28. The number of hydrogen-bond acceptors (Lipinski definition) is 6. The zero-order chi connectivity index (χ0) is 17.1. The van der Waals surface area contributed by atoms with Crippen molar-refractivity contribution in [2.45, 2.75) is 57.6 Å². The van der Waals surface area contributed by atoms with Gasteiger partial charge in [0.25, 0.3) is 5.91 Å². The molecule has 1 aliphatic carbocycles. The number of rotatable bonds is 4. The van der Waals surface area contributed by atoms with E-state index in [4.69, 9.17) is 9.26 Å². The summed E-state index contributed by atoms with van der Waals surface area (Å²) in [5.41, 5.74) is 2.23. The average molecular weight is 342 g/mol. The lowest BCUT2D eigenvalue weighted by molar-refractivity contribution is 0.00940. The van der Waals surface area contributed by atoms with E-state index in [-0.39, 0.29) is 12.0 Å². The standard InChI is InChI=1S/C18H22N4O3/c23-18(16-13-5-1-2-6-14(13)25-22-16)21-11-12-9-19-17(20-10-12)15-7-3-4-8-24-15/h9-10,15H,1-8,11H2,(H,21,23)/t15-/m1/s1. The zero-order valence-electron chi connectivity index (χ0n) is 14.2. The summed E-state index contributed by atoms with van der Waals surface area (Å²) in [6.45, 7) is 1.14. The number of amides is 1. The molecule has 2 aliphatic rings. The first kappa shape index (κ1) is 16.2. The highest BCUT2D eigenvalue weighted by atomic mass is 16.5. The first-order valence-electron chi connectivity index (χ1n) is 8.99. The van der Waals surface area contributed by atoms with E-state index in [0.29, 0.717) is 12.2 Å². The second kappa shape index (κ2) is 7.31. The van der Waals surface area contributed by atoms with Crippen LogP contribution in [0.3, 0.4) is 0 Å². The topological polar surface area (TPSA) is 90.1 Å². The van der Waals surface area contributed by atoms with Gasteiger partial charge >= 0.3 is 0 Å². The van der Waals surface area contributed by atoms with Crippen LogP contribution in [0.15, 0.2) is 16.9 Å². The number of nitrogens with one attached hydrogen (secondary N) is 1. The van der Waals surface area contributed by atoms with Crippen LogP contribution in [-0.2, 0) is 24.1 Å². The first-order valence-corrected chi connectivity index (χ1v) is 8.99. The minimum Gasteiger partial charge on any atom is -0.370 e. The van der Waals surface area contributed by atoms with Gasteiger partial charge < -0.3 is 14.6 Å². The van der Waals surface area contributed by atoms with Crippen molar-refractivity contribution in [3.63, 3.8) is 0 Å². The van der Waals surface area contributed by atoms with E-state index >= 15 is 0 Å². The Labute approximate surface area is 146 Å². The van der Waals surface area contributed by atoms with Crippen LogP contribution < -0.4 is 5.32 Å². The maximum atomic E-state index is 12.4. The fourth-order valence-corrected chi connectivity index (χ4v) is 3.40. The van der Waals surface area contributed by atoms with Gasteiger partial charge in [0.2, 0.25) is 0 Å². The normalized spacial score (nSPS) is 20.1. The maximum Gasteiger partial charge on any atom is 0.274 e. The van der Waals surface area contributed by atoms with Crippen LogP contribution in [0.25, 0.3) is 0 Å². The van der Waals surface area contributed by atoms with Gasteiger partial charge in [-0.05, 0) is 38.5 Å². The van der Waals surface area contributed by atoms with E-state index in [9.17, 15) is 4.79 Å². The van der Waals surface area contributed by atoms with Gasteiger partial charge in [0.05, 0.1) is 0 Å². The number of ether oxygens (including phenoxy) is 1. The van der Waals surface area contributed by atoms with Gasteiger partial charge in [-0.25, -0.2) is 9.97 Å². The lowest BCUT2D eigenvalue weighted by Crippen LogP contribution is -2.25. The number of hydrogen-bond donors (Lipinski definition) is 1. The molecule has 132 valence electrons. The van der Waals surface area contributed by atoms with Crippen molar-refractivity contribution in [3.8, 4) is 0 Å². The summed E-state index contributed by atoms with van der Waals surface area (Å²) in [4.78, 5) is 21.2. The summed E-state index contributed by atoms with van der Waals surface area (Å²) >= 11 is 0. The van der Waals surface area contributed by atoms with Crippen LogP contribution in [0.1, 0.15) is 71.4 Å². The van der Waals surface area contributed by atoms with Gasteiger partial charge in [0, 0.05) is 43.1 Å². The van der Waals surface area contributed by atoms with Crippen LogP contribution in [-0.4, -0.2) is 27.6 Å². The van der Waals surface area contributed by atoms with Gasteiger partial charge in [-0.15, -0.1) is 0 Å². The molecule has 0 radical (unpaired) electrons. The number of carbonyl (C=O) groups excluding carboxylic acids is 1. The molecule has 2 aromatic rings. The summed E-state index contributed by atoms with van der Waals surface area (Å²) in [5.74, 6) is 1.38. The molecule has 1 N–H and O–H groups in total. The maximum absolute atomic E-state index is 12.4. The van der Waals surface area contributed by atoms with E-state index in [1.807, 2.05) is 0 Å². The molecule has 1 amide bonds. The third-order valence-corrected chi connectivity index (χ3v) is 4.81. The second-order valence-electron chi connectivity index (χ2n) is 6.63. The number of aromatic nitrogens is 3. The van der Waals surface area contributed by atoms with Crippen molar-refractivity contribution in [3.05, 3.63) is 40.8 Å². The Bertz CT molecular complexity index is 735. The molecule has 7 nitrogen and oxygen atoms in total. The zero-order valence-corrected chi connectivity index (χ0v) is 14.2. The molecule has 1 atom stereocenters. The Morgan fingerprint density at radius 2 is 2.00 bits per heavy atom. The molecule has 0 saturated carbocycles. The Balaban J connectivity index is 1.36. The average Bonchev–Trinajstić information content (AvgIpc) is 3.11. The van der Waals surface area contributed by atoms with Crippen molar-refractivity contribution >= 4 is 5.91 Å². The van der Waals surface area contributed by atoms with Crippen molar-refractivity contribution in [1.29, 1.82) is 0 Å². The lowest BCUT2D eigenvalue weighted by Gasteiger charge is -2.21. The molecule has 3 heterocycles. The number of carbonyl (C=O) groups is 1. The van der Waals surface area contributed by atoms with Gasteiger partial charge in [-0.3, -0.25) is 4.79 Å². The predicted octanol–water partition coefficient (Wildman–Crippen LogP) is 2.52. The predicted molar refractivity (Wildman–Crippen MR) is 88.9 cm³/mol. The third kappa shape index (κ3) is 3.56. The van der Waals surface area contributed by atoms with Crippen molar-refractivity contribution in [2.24, 2.45) is 0 Å². The van der Waals surface area contributed by atoms with Gasteiger partial charge in [0.1, 0.15) is 11.9 Å². The Morgan fingerprint density at radius 3 is 2.80 bits per heavy atom. The van der Waals surface area contributed by atoms with E-state index in [2.05, 4.69) is 20.4 Å². The number of fused-ring (bicyclic) bond motifs is 1. The highest BCUT2D eigenvalue weighted by molar-refractivity contribution is 5.93. The molecule has 4 rings (SSSR count). The monoisotopic (exact) mass is 342 g/mol. The van der Waals surface area contributed by atoms with Crippen LogP contribution >= 0.6 is 0 Å². The van der Waals surface area contributed by atoms with E-state index in [1.54, 1.807) is 12.4 Å². The minimum absolute atomic E-state index is 0.000885. The quantitative estimate of drug-likeness (QED) is 0.918. The highest BCUT2D eigenvalue weighted by Crippen LogP contribution is 2.25. The van der Waals surface area contributed by atoms with Crippen LogP contribution in [0.2, 0.25) is 0 Å². The van der Waals surface area contributed by atoms with Crippen LogP contribution in [0, 0.1) is 0 Å². The fraction of sp³-hybridized carbons (Fsp3) is 0.556. The Morgan fingerprint density at radius 1 is 1.16 bits per heavy atom. The number of nitrogens with zero attached hydrogens (tertiary/aromatic N) is 3. The summed E-state index contributed by atoms with van der Waals surface area (Å²) in [6.07, 6.45) is 10.6. The summed E-state index contributed by atoms with van der Waals surface area (Å²) in [7, 11) is 0. The highest BCUT2D eigenvalue weighted by Gasteiger charge is 2.24. The molecule has 0 unspecified atom stereocenters. The molecule has 0 spiro atoms. The van der Waals surface area contributed by atoms with Gasteiger partial charge in [0.15, 0.2) is 11.5 Å². The first-order chi connectivity index (χ1) is 12.3. The minimum atomic E-state index is -0.202. The summed E-state index contributed by atoms with van der Waals surface area (Å²) in [6, 6.07) is 0. The van der Waals surface area contributed by atoms with E-state index in [1.165, 1.54) is 0 Å². The summed E-state index contributed by atoms with van der Waals surface area (Å²) in [5, 5.41) is 6.83. The molecule has 0 bridgehead atoms. The molecule has 1 saturated heterocycles. The third-order valence-electron chi connectivity index (χ3n) is 4.81. The van der Waals surface area contributed by atoms with E-state index < -0.39 is 0 Å². The summed E-state index contributed by atoms with van der Waals surface area (Å²) < 4.78 is 11.0. The fourth-order valence-electron chi connectivity index (χ4n) is 3.40. The van der Waals surface area contributed by atoms with E-state index in [0.717, 1.165) is 74.3 Å². The smallest absolute Gasteiger partial charge is 0.274 e.